The molecule has 2 aromatic heterocycles. The Bertz CT molecular complexity index is 2480. The molecule has 0 N–H and O–H groups in total. The van der Waals surface area contributed by atoms with E-state index in [0.29, 0.717) is 5.89 Å². The summed E-state index contributed by atoms with van der Waals surface area (Å²) in [5.41, 5.74) is 9.63. The number of fused-ring (bicyclic) bond motifs is 5. The quantitative estimate of drug-likeness (QED) is 0.204. The molecule has 0 aliphatic heterocycles. The van der Waals surface area contributed by atoms with Gasteiger partial charge in [0.25, 0.3) is 0 Å². The van der Waals surface area contributed by atoms with Gasteiger partial charge < -0.3 is 13.7 Å². The minimum Gasteiger partial charge on any atom is -0.456 e. The van der Waals surface area contributed by atoms with Gasteiger partial charge in [-0.1, -0.05) is 91.0 Å². The molecule has 7 aromatic carbocycles. The lowest BCUT2D eigenvalue weighted by Gasteiger charge is -2.26. The molecule has 0 saturated heterocycles. The van der Waals surface area contributed by atoms with Gasteiger partial charge >= 0.3 is 0 Å². The maximum Gasteiger partial charge on any atom is 0.227 e. The third kappa shape index (κ3) is 4.43. The number of hydrogen-bond donors (Lipinski definition) is 0. The highest BCUT2D eigenvalue weighted by atomic mass is 16.4. The molecule has 0 atom stereocenters. The molecule has 0 spiro atoms. The zero-order chi connectivity index (χ0) is 29.7. The maximum atomic E-state index is 6.34. The third-order valence-corrected chi connectivity index (χ3v) is 8.47. The molecule has 0 unspecified atom stereocenters. The first kappa shape index (κ1) is 25.4. The van der Waals surface area contributed by atoms with Crippen molar-refractivity contribution in [3.8, 4) is 22.6 Å². The van der Waals surface area contributed by atoms with Crippen LogP contribution in [0.2, 0.25) is 0 Å². The van der Waals surface area contributed by atoms with E-state index >= 15 is 0 Å². The molecule has 0 aliphatic rings. The number of hydrogen-bond acceptors (Lipinski definition) is 4. The second-order valence-electron chi connectivity index (χ2n) is 11.3. The van der Waals surface area contributed by atoms with Crippen molar-refractivity contribution in [1.29, 1.82) is 0 Å². The largest absolute Gasteiger partial charge is 0.456 e. The van der Waals surface area contributed by atoms with E-state index < -0.39 is 0 Å². The molecule has 212 valence electrons. The van der Waals surface area contributed by atoms with E-state index in [9.17, 15) is 0 Å². The second-order valence-corrected chi connectivity index (χ2v) is 11.3. The zero-order valence-corrected chi connectivity index (χ0v) is 24.2. The monoisotopic (exact) mass is 578 g/mol. The molecule has 9 aromatic rings. The van der Waals surface area contributed by atoms with E-state index in [1.807, 2.05) is 42.5 Å². The van der Waals surface area contributed by atoms with Crippen LogP contribution in [0.25, 0.3) is 66.4 Å². The molecule has 0 fully saturated rings. The summed E-state index contributed by atoms with van der Waals surface area (Å²) in [5.74, 6) is 0.602. The number of benzene rings is 7. The number of oxazole rings is 1. The highest BCUT2D eigenvalue weighted by Gasteiger charge is 2.18. The van der Waals surface area contributed by atoms with Crippen LogP contribution in [0.1, 0.15) is 0 Å². The van der Waals surface area contributed by atoms with Crippen LogP contribution >= 0.6 is 0 Å². The average molecular weight is 579 g/mol. The Kier molecular flexibility index (Phi) is 5.78. The first-order chi connectivity index (χ1) is 22.3. The molecule has 4 nitrogen and oxygen atoms in total. The third-order valence-electron chi connectivity index (χ3n) is 8.47. The highest BCUT2D eigenvalue weighted by Crippen LogP contribution is 2.41. The summed E-state index contributed by atoms with van der Waals surface area (Å²) >= 11 is 0. The molecular formula is C41H26N2O2. The van der Waals surface area contributed by atoms with Gasteiger partial charge in [-0.25, -0.2) is 4.98 Å². The van der Waals surface area contributed by atoms with E-state index in [4.69, 9.17) is 13.8 Å². The average Bonchev–Trinajstić information content (AvgIpc) is 3.69. The van der Waals surface area contributed by atoms with E-state index in [1.54, 1.807) is 0 Å². The number of anilines is 3. The summed E-state index contributed by atoms with van der Waals surface area (Å²) in [4.78, 5) is 7.05. The van der Waals surface area contributed by atoms with Gasteiger partial charge in [0.15, 0.2) is 5.58 Å². The molecule has 0 bridgehead atoms. The summed E-state index contributed by atoms with van der Waals surface area (Å²) < 4.78 is 12.6. The Hall–Kier alpha value is -6.13. The zero-order valence-electron chi connectivity index (χ0n) is 24.2. The fourth-order valence-electron chi connectivity index (χ4n) is 6.23. The number of rotatable bonds is 5. The van der Waals surface area contributed by atoms with Crippen molar-refractivity contribution >= 4 is 60.9 Å². The van der Waals surface area contributed by atoms with Crippen LogP contribution in [0.4, 0.5) is 17.1 Å². The highest BCUT2D eigenvalue weighted by molar-refractivity contribution is 6.10. The van der Waals surface area contributed by atoms with Crippen molar-refractivity contribution in [2.75, 3.05) is 4.90 Å². The van der Waals surface area contributed by atoms with Crippen LogP contribution in [0.5, 0.6) is 0 Å². The lowest BCUT2D eigenvalue weighted by Crippen LogP contribution is -2.09. The van der Waals surface area contributed by atoms with Crippen molar-refractivity contribution < 1.29 is 8.83 Å². The molecule has 0 saturated carbocycles. The summed E-state index contributed by atoms with van der Waals surface area (Å²) in [6.45, 7) is 0. The van der Waals surface area contributed by atoms with Gasteiger partial charge in [-0.05, 0) is 82.6 Å². The normalized spacial score (nSPS) is 11.6. The van der Waals surface area contributed by atoms with Gasteiger partial charge in [0.1, 0.15) is 16.7 Å². The Labute approximate surface area is 259 Å². The Balaban J connectivity index is 1.20. The number of nitrogens with zero attached hydrogens (tertiary/aromatic N) is 2. The lowest BCUT2D eigenvalue weighted by molar-refractivity contribution is 0.620. The predicted octanol–water partition coefficient (Wildman–Crippen LogP) is 11.7. The van der Waals surface area contributed by atoms with E-state index in [-0.39, 0.29) is 0 Å². The Morgan fingerprint density at radius 1 is 0.400 bits per heavy atom. The molecule has 0 aliphatic carbocycles. The van der Waals surface area contributed by atoms with Crippen molar-refractivity contribution in [1.82, 2.24) is 4.98 Å². The van der Waals surface area contributed by atoms with Gasteiger partial charge in [-0.15, -0.1) is 0 Å². The van der Waals surface area contributed by atoms with Crippen LogP contribution in [-0.4, -0.2) is 4.98 Å². The van der Waals surface area contributed by atoms with Gasteiger partial charge in [-0.3, -0.25) is 0 Å². The molecule has 0 radical (unpaired) electrons. The first-order valence-corrected chi connectivity index (χ1v) is 15.0. The van der Waals surface area contributed by atoms with E-state index in [1.165, 1.54) is 21.9 Å². The Morgan fingerprint density at radius 2 is 1.02 bits per heavy atom. The molecule has 4 heteroatoms. The topological polar surface area (TPSA) is 42.4 Å². The lowest BCUT2D eigenvalue weighted by atomic mass is 10.0. The Morgan fingerprint density at radius 3 is 1.82 bits per heavy atom. The van der Waals surface area contributed by atoms with Crippen molar-refractivity contribution in [2.45, 2.75) is 0 Å². The molecule has 45 heavy (non-hydrogen) atoms. The van der Waals surface area contributed by atoms with Crippen molar-refractivity contribution in [3.05, 3.63) is 158 Å². The van der Waals surface area contributed by atoms with Crippen molar-refractivity contribution in [3.63, 3.8) is 0 Å². The van der Waals surface area contributed by atoms with Crippen molar-refractivity contribution in [2.24, 2.45) is 0 Å². The second kappa shape index (κ2) is 10.2. The van der Waals surface area contributed by atoms with Gasteiger partial charge in [-0.2, -0.15) is 0 Å². The molecular weight excluding hydrogens is 552 g/mol. The number of furan rings is 1. The SMILES string of the molecule is c1ccc(-c2ccc(N(c3ccc4ccccc4c3)c3ccc4oc5cc6nc(-c7ccccc7)oc6cc5c4c3)cc2)cc1. The smallest absolute Gasteiger partial charge is 0.227 e. The summed E-state index contributed by atoms with van der Waals surface area (Å²) in [7, 11) is 0. The maximum absolute atomic E-state index is 6.34. The molecule has 2 heterocycles. The van der Waals surface area contributed by atoms with Gasteiger partial charge in [0, 0.05) is 39.5 Å². The van der Waals surface area contributed by atoms with Crippen LogP contribution in [0.15, 0.2) is 167 Å². The predicted molar refractivity (Wildman–Crippen MR) is 184 cm³/mol. The minimum absolute atomic E-state index is 0.602. The van der Waals surface area contributed by atoms with Gasteiger partial charge in [0.2, 0.25) is 5.89 Å². The number of aromatic nitrogens is 1. The first-order valence-electron chi connectivity index (χ1n) is 15.0. The van der Waals surface area contributed by atoms with Crippen LogP contribution in [0, 0.1) is 0 Å². The van der Waals surface area contributed by atoms with Crippen LogP contribution < -0.4 is 4.90 Å². The van der Waals surface area contributed by atoms with Gasteiger partial charge in [0.05, 0.1) is 0 Å². The summed E-state index contributed by atoms with van der Waals surface area (Å²) in [6.07, 6.45) is 0. The summed E-state index contributed by atoms with van der Waals surface area (Å²) in [6, 6.07) is 54.7. The van der Waals surface area contributed by atoms with Crippen LogP contribution in [0.3, 0.4) is 0 Å². The standard InChI is InChI=1S/C41H26N2O2/c1-3-9-27(10-4-1)29-15-18-32(19-16-29)43(33-20-17-28-11-7-8-14-31(28)23-33)34-21-22-38-35(24-34)36-25-40-37(26-39(36)44-38)42-41(45-40)30-12-5-2-6-13-30/h1-26H. The van der Waals surface area contributed by atoms with E-state index in [2.05, 4.69) is 120 Å². The molecule has 0 amide bonds. The fourth-order valence-corrected chi connectivity index (χ4v) is 6.23. The summed E-state index contributed by atoms with van der Waals surface area (Å²) in [5, 5.41) is 4.42. The van der Waals surface area contributed by atoms with E-state index in [0.717, 1.165) is 55.7 Å². The minimum atomic E-state index is 0.602. The fraction of sp³-hybridized carbons (Fsp3) is 0. The van der Waals surface area contributed by atoms with Crippen LogP contribution in [-0.2, 0) is 0 Å². The molecule has 9 rings (SSSR count).